The molecule has 0 saturated carbocycles. The van der Waals surface area contributed by atoms with Gasteiger partial charge in [0, 0.05) is 13.0 Å². The van der Waals surface area contributed by atoms with Crippen molar-refractivity contribution >= 4 is 5.91 Å². The van der Waals surface area contributed by atoms with Crippen molar-refractivity contribution < 1.29 is 4.79 Å². The van der Waals surface area contributed by atoms with E-state index >= 15 is 0 Å². The summed E-state index contributed by atoms with van der Waals surface area (Å²) in [5, 5.41) is 2.89. The molecule has 0 aromatic heterocycles. The van der Waals surface area contributed by atoms with Crippen LogP contribution in [0.3, 0.4) is 0 Å². The van der Waals surface area contributed by atoms with E-state index in [2.05, 4.69) is 19.2 Å². The van der Waals surface area contributed by atoms with E-state index in [1.165, 1.54) is 5.57 Å². The molecule has 1 amide bonds. The van der Waals surface area contributed by atoms with E-state index in [0.29, 0.717) is 18.9 Å². The first-order valence-electron chi connectivity index (χ1n) is 4.98. The molecule has 0 heterocycles. The molecular weight excluding hydrogens is 162 g/mol. The van der Waals surface area contributed by atoms with Crippen LogP contribution in [0.5, 0.6) is 0 Å². The summed E-state index contributed by atoms with van der Waals surface area (Å²) in [6.45, 7) is 8.89. The monoisotopic (exact) mass is 183 g/mol. The van der Waals surface area contributed by atoms with Gasteiger partial charge in [0.15, 0.2) is 0 Å². The predicted octanol–water partition coefficient (Wildman–Crippen LogP) is 2.51. The highest BCUT2D eigenvalue weighted by Crippen LogP contribution is 2.05. The summed E-state index contributed by atoms with van der Waals surface area (Å²) in [6, 6.07) is 0. The summed E-state index contributed by atoms with van der Waals surface area (Å²) in [4.78, 5) is 11.3. The molecule has 0 saturated heterocycles. The van der Waals surface area contributed by atoms with Gasteiger partial charge < -0.3 is 5.32 Å². The molecule has 0 aliphatic rings. The van der Waals surface area contributed by atoms with Gasteiger partial charge in [-0.3, -0.25) is 4.79 Å². The number of amides is 1. The van der Waals surface area contributed by atoms with Crippen LogP contribution in [0.25, 0.3) is 0 Å². The van der Waals surface area contributed by atoms with E-state index in [9.17, 15) is 4.79 Å². The number of hydrogen-bond donors (Lipinski definition) is 1. The highest BCUT2D eigenvalue weighted by molar-refractivity contribution is 5.76. The second-order valence-corrected chi connectivity index (χ2v) is 3.63. The minimum Gasteiger partial charge on any atom is -0.352 e. The zero-order chi connectivity index (χ0) is 10.3. The van der Waals surface area contributed by atoms with Crippen LogP contribution in [0.15, 0.2) is 11.6 Å². The molecule has 0 aliphatic carbocycles. The van der Waals surface area contributed by atoms with Gasteiger partial charge in [-0.1, -0.05) is 31.9 Å². The third kappa shape index (κ3) is 6.38. The Hall–Kier alpha value is -0.790. The molecule has 0 fully saturated rings. The minimum absolute atomic E-state index is 0.163. The van der Waals surface area contributed by atoms with E-state index in [0.717, 1.165) is 6.42 Å². The molecule has 1 atom stereocenters. The predicted molar refractivity (Wildman–Crippen MR) is 56.5 cm³/mol. The first-order chi connectivity index (χ1) is 6.10. The SMILES string of the molecule is CC=C(C)CNC(=O)CC(C)CC. The van der Waals surface area contributed by atoms with Crippen LogP contribution in [-0.4, -0.2) is 12.5 Å². The maximum absolute atomic E-state index is 11.3. The Kier molecular flexibility index (Phi) is 6.29. The maximum atomic E-state index is 11.3. The fourth-order valence-electron chi connectivity index (χ4n) is 0.873. The lowest BCUT2D eigenvalue weighted by atomic mass is 10.1. The van der Waals surface area contributed by atoms with Gasteiger partial charge in [-0.05, 0) is 19.8 Å². The molecule has 0 rings (SSSR count). The van der Waals surface area contributed by atoms with Crippen LogP contribution >= 0.6 is 0 Å². The average molecular weight is 183 g/mol. The third-order valence-electron chi connectivity index (χ3n) is 2.29. The number of hydrogen-bond acceptors (Lipinski definition) is 1. The average Bonchev–Trinajstić information content (AvgIpc) is 2.13. The lowest BCUT2D eigenvalue weighted by Gasteiger charge is -2.08. The zero-order valence-corrected chi connectivity index (χ0v) is 9.18. The van der Waals surface area contributed by atoms with Gasteiger partial charge in [0.05, 0.1) is 0 Å². The van der Waals surface area contributed by atoms with Crippen molar-refractivity contribution in [1.82, 2.24) is 5.32 Å². The molecule has 1 N–H and O–H groups in total. The summed E-state index contributed by atoms with van der Waals surface area (Å²) >= 11 is 0. The first kappa shape index (κ1) is 12.2. The van der Waals surface area contributed by atoms with E-state index in [4.69, 9.17) is 0 Å². The Labute approximate surface area is 81.4 Å². The van der Waals surface area contributed by atoms with E-state index < -0.39 is 0 Å². The summed E-state index contributed by atoms with van der Waals surface area (Å²) < 4.78 is 0. The Morgan fingerprint density at radius 1 is 1.54 bits per heavy atom. The summed E-state index contributed by atoms with van der Waals surface area (Å²) in [7, 11) is 0. The van der Waals surface area contributed by atoms with Crippen LogP contribution in [0.1, 0.15) is 40.5 Å². The molecular formula is C11H21NO. The fraction of sp³-hybridized carbons (Fsp3) is 0.727. The van der Waals surface area contributed by atoms with Crippen molar-refractivity contribution in [2.24, 2.45) is 5.92 Å². The maximum Gasteiger partial charge on any atom is 0.220 e. The fourth-order valence-corrected chi connectivity index (χ4v) is 0.873. The summed E-state index contributed by atoms with van der Waals surface area (Å²) in [5.74, 6) is 0.654. The van der Waals surface area contributed by atoms with Crippen molar-refractivity contribution in [2.75, 3.05) is 6.54 Å². The molecule has 13 heavy (non-hydrogen) atoms. The van der Waals surface area contributed by atoms with Crippen LogP contribution in [0, 0.1) is 5.92 Å². The number of carbonyl (C=O) groups excluding carboxylic acids is 1. The van der Waals surface area contributed by atoms with Crippen LogP contribution in [0.2, 0.25) is 0 Å². The molecule has 2 nitrogen and oxygen atoms in total. The Balaban J connectivity index is 3.63. The molecule has 0 bridgehead atoms. The van der Waals surface area contributed by atoms with Gasteiger partial charge in [0.2, 0.25) is 5.91 Å². The molecule has 0 aromatic carbocycles. The van der Waals surface area contributed by atoms with Gasteiger partial charge in [-0.2, -0.15) is 0 Å². The van der Waals surface area contributed by atoms with Crippen LogP contribution in [-0.2, 0) is 4.79 Å². The standard InChI is InChI=1S/C11H21NO/c1-5-9(3)7-11(13)12-8-10(4)6-2/h6,9H,5,7-8H2,1-4H3,(H,12,13). The molecule has 0 aliphatic heterocycles. The quantitative estimate of drug-likeness (QED) is 0.652. The lowest BCUT2D eigenvalue weighted by Crippen LogP contribution is -2.26. The molecule has 0 aromatic rings. The normalized spacial score (nSPS) is 14.0. The number of rotatable bonds is 5. The molecule has 1 unspecified atom stereocenters. The van der Waals surface area contributed by atoms with E-state index in [1.807, 2.05) is 19.9 Å². The zero-order valence-electron chi connectivity index (χ0n) is 9.18. The van der Waals surface area contributed by atoms with Gasteiger partial charge >= 0.3 is 0 Å². The Bertz CT molecular complexity index is 185. The second kappa shape index (κ2) is 6.70. The second-order valence-electron chi connectivity index (χ2n) is 3.63. The summed E-state index contributed by atoms with van der Waals surface area (Å²) in [5.41, 5.74) is 1.21. The number of carbonyl (C=O) groups is 1. The minimum atomic E-state index is 0.163. The van der Waals surface area contributed by atoms with Crippen molar-refractivity contribution in [3.63, 3.8) is 0 Å². The van der Waals surface area contributed by atoms with E-state index in [-0.39, 0.29) is 5.91 Å². The number of allylic oxidation sites excluding steroid dienone is 1. The van der Waals surface area contributed by atoms with Crippen molar-refractivity contribution in [3.05, 3.63) is 11.6 Å². The highest BCUT2D eigenvalue weighted by atomic mass is 16.1. The Morgan fingerprint density at radius 3 is 2.62 bits per heavy atom. The van der Waals surface area contributed by atoms with Crippen LogP contribution in [0.4, 0.5) is 0 Å². The van der Waals surface area contributed by atoms with Gasteiger partial charge in [0.1, 0.15) is 0 Å². The largest absolute Gasteiger partial charge is 0.352 e. The van der Waals surface area contributed by atoms with Gasteiger partial charge in [0.25, 0.3) is 0 Å². The lowest BCUT2D eigenvalue weighted by molar-refractivity contribution is -0.121. The first-order valence-corrected chi connectivity index (χ1v) is 4.98. The van der Waals surface area contributed by atoms with Crippen molar-refractivity contribution in [3.8, 4) is 0 Å². The van der Waals surface area contributed by atoms with Gasteiger partial charge in [-0.25, -0.2) is 0 Å². The van der Waals surface area contributed by atoms with Crippen molar-refractivity contribution in [2.45, 2.75) is 40.5 Å². The molecule has 0 radical (unpaired) electrons. The molecule has 76 valence electrons. The summed E-state index contributed by atoms with van der Waals surface area (Å²) in [6.07, 6.45) is 3.73. The van der Waals surface area contributed by atoms with Gasteiger partial charge in [-0.15, -0.1) is 0 Å². The topological polar surface area (TPSA) is 29.1 Å². The third-order valence-corrected chi connectivity index (χ3v) is 2.29. The Morgan fingerprint density at radius 2 is 2.15 bits per heavy atom. The van der Waals surface area contributed by atoms with Crippen LogP contribution < -0.4 is 5.32 Å². The van der Waals surface area contributed by atoms with E-state index in [1.54, 1.807) is 0 Å². The van der Waals surface area contributed by atoms with Crippen molar-refractivity contribution in [1.29, 1.82) is 0 Å². The smallest absolute Gasteiger partial charge is 0.220 e. The molecule has 0 spiro atoms. The highest BCUT2D eigenvalue weighted by Gasteiger charge is 2.05. The molecule has 2 heteroatoms. The number of nitrogens with one attached hydrogen (secondary N) is 1.